The van der Waals surface area contributed by atoms with Gasteiger partial charge in [-0.3, -0.25) is 14.8 Å². The first-order chi connectivity index (χ1) is 16.1. The summed E-state index contributed by atoms with van der Waals surface area (Å²) < 4.78 is 12.0. The topological polar surface area (TPSA) is 101 Å². The van der Waals surface area contributed by atoms with Crippen molar-refractivity contribution in [3.63, 3.8) is 0 Å². The maximum absolute atomic E-state index is 11.5. The third-order valence-corrected chi connectivity index (χ3v) is 6.31. The van der Waals surface area contributed by atoms with Gasteiger partial charge < -0.3 is 14.3 Å². The maximum atomic E-state index is 11.5. The number of hydrogen-bond acceptors (Lipinski definition) is 7. The van der Waals surface area contributed by atoms with Crippen molar-refractivity contribution in [1.29, 1.82) is 0 Å². The summed E-state index contributed by atoms with van der Waals surface area (Å²) in [6, 6.07) is 15.6. The van der Waals surface area contributed by atoms with Crippen LogP contribution in [0.1, 0.15) is 21.9 Å². The molecule has 0 radical (unpaired) electrons. The van der Waals surface area contributed by atoms with Crippen LogP contribution < -0.4 is 9.61 Å². The van der Waals surface area contributed by atoms with Gasteiger partial charge >= 0.3 is 4.87 Å². The molecule has 0 unspecified atom stereocenters. The molecule has 2 aromatic carbocycles. The number of ether oxygens (including phenoxy) is 1. The van der Waals surface area contributed by atoms with Crippen molar-refractivity contribution >= 4 is 22.1 Å². The zero-order valence-electron chi connectivity index (χ0n) is 17.9. The lowest BCUT2D eigenvalue weighted by Gasteiger charge is -2.12. The molecule has 0 aliphatic heterocycles. The highest BCUT2D eigenvalue weighted by atomic mass is 32.1. The van der Waals surface area contributed by atoms with Crippen LogP contribution in [0.5, 0.6) is 11.6 Å². The van der Waals surface area contributed by atoms with Crippen LogP contribution in [0, 0.1) is 6.92 Å². The molecule has 33 heavy (non-hydrogen) atoms. The number of nitrogens with one attached hydrogen (secondary N) is 1. The first kappa shape index (κ1) is 21.0. The molecule has 7 nitrogen and oxygen atoms in total. The average molecular weight is 460 g/mol. The highest BCUT2D eigenvalue weighted by Crippen LogP contribution is 2.32. The second-order valence-corrected chi connectivity index (χ2v) is 8.66. The predicted molar refractivity (Wildman–Crippen MR) is 127 cm³/mol. The number of benzene rings is 2. The molecule has 8 heteroatoms. The minimum atomic E-state index is -0.262. The first-order valence-electron chi connectivity index (χ1n) is 10.5. The lowest BCUT2D eigenvalue weighted by atomic mass is 10.0. The van der Waals surface area contributed by atoms with Gasteiger partial charge in [-0.25, -0.2) is 4.98 Å². The zero-order valence-corrected chi connectivity index (χ0v) is 18.7. The minimum Gasteiger partial charge on any atom is -0.494 e. The number of aryl methyl sites for hydroxylation is 1. The third-order valence-electron chi connectivity index (χ3n) is 5.44. The van der Waals surface area contributed by atoms with E-state index in [2.05, 4.69) is 15.0 Å². The Bertz CT molecular complexity index is 1470. The van der Waals surface area contributed by atoms with E-state index in [9.17, 15) is 9.90 Å². The van der Waals surface area contributed by atoms with E-state index in [0.717, 1.165) is 50.4 Å². The summed E-state index contributed by atoms with van der Waals surface area (Å²) >= 11 is 1.02. The number of hydrogen-bond donors (Lipinski definition) is 2. The lowest BCUT2D eigenvalue weighted by molar-refractivity contribution is 0.323. The fourth-order valence-electron chi connectivity index (χ4n) is 3.79. The summed E-state index contributed by atoms with van der Waals surface area (Å²) in [5.41, 5.74) is 2.76. The van der Waals surface area contributed by atoms with Gasteiger partial charge in [-0.2, -0.15) is 0 Å². The number of pyridine rings is 1. The molecule has 0 aliphatic rings. The quantitative estimate of drug-likeness (QED) is 0.360. The monoisotopic (exact) mass is 459 g/mol. The van der Waals surface area contributed by atoms with Gasteiger partial charge in [-0.05, 0) is 36.1 Å². The Kier molecular flexibility index (Phi) is 5.66. The number of nitrogens with zero attached hydrogens (tertiary/aromatic N) is 2. The minimum absolute atomic E-state index is 0.0662. The molecule has 0 spiro atoms. The van der Waals surface area contributed by atoms with E-state index in [-0.39, 0.29) is 10.8 Å². The van der Waals surface area contributed by atoms with Crippen molar-refractivity contribution in [2.24, 2.45) is 0 Å². The normalized spacial score (nSPS) is 11.2. The molecule has 0 bridgehead atoms. The highest BCUT2D eigenvalue weighted by molar-refractivity contribution is 7.09. The molecule has 0 fully saturated rings. The van der Waals surface area contributed by atoms with Gasteiger partial charge in [0.25, 0.3) is 0 Å². The molecule has 2 N–H and O–H groups in total. The molecule has 0 amide bonds. The van der Waals surface area contributed by atoms with Crippen LogP contribution in [0.15, 0.2) is 70.1 Å². The van der Waals surface area contributed by atoms with E-state index in [4.69, 9.17) is 9.15 Å². The fraction of sp³-hybridized carbons (Fsp3) is 0.160. The van der Waals surface area contributed by atoms with Crippen molar-refractivity contribution in [2.75, 3.05) is 6.61 Å². The van der Waals surface area contributed by atoms with E-state index in [0.29, 0.717) is 30.2 Å². The SMILES string of the molecule is Cc1oc(-c2ccncc2)nc1CCOc1ccc(Cc2sc(=O)[nH]c2O)c2ccccc12. The molecule has 5 aromatic rings. The van der Waals surface area contributed by atoms with Crippen molar-refractivity contribution in [3.8, 4) is 23.1 Å². The summed E-state index contributed by atoms with van der Waals surface area (Å²) in [4.78, 5) is 23.0. The van der Waals surface area contributed by atoms with E-state index in [1.165, 1.54) is 0 Å². The van der Waals surface area contributed by atoms with Gasteiger partial charge in [0.1, 0.15) is 11.5 Å². The van der Waals surface area contributed by atoms with Crippen LogP contribution in [0.3, 0.4) is 0 Å². The van der Waals surface area contributed by atoms with Crippen LogP contribution in [0.4, 0.5) is 0 Å². The van der Waals surface area contributed by atoms with Crippen LogP contribution in [-0.2, 0) is 12.8 Å². The second-order valence-electron chi connectivity index (χ2n) is 7.59. The van der Waals surface area contributed by atoms with E-state index >= 15 is 0 Å². The second kappa shape index (κ2) is 8.91. The van der Waals surface area contributed by atoms with E-state index < -0.39 is 0 Å². The van der Waals surface area contributed by atoms with Crippen molar-refractivity contribution in [2.45, 2.75) is 19.8 Å². The number of H-pyrrole nitrogens is 1. The molecule has 0 atom stereocenters. The van der Waals surface area contributed by atoms with Gasteiger partial charge in [0.05, 0.1) is 17.2 Å². The van der Waals surface area contributed by atoms with Crippen molar-refractivity contribution < 1.29 is 14.3 Å². The van der Waals surface area contributed by atoms with Gasteiger partial charge in [-0.1, -0.05) is 41.7 Å². The van der Waals surface area contributed by atoms with Crippen molar-refractivity contribution in [3.05, 3.63) is 92.5 Å². The molecule has 3 aromatic heterocycles. The van der Waals surface area contributed by atoms with E-state index in [1.54, 1.807) is 12.4 Å². The number of oxazole rings is 1. The molecule has 0 saturated carbocycles. The Hall–Kier alpha value is -3.91. The molecular formula is C25H21N3O4S. The summed E-state index contributed by atoms with van der Waals surface area (Å²) in [5, 5.41) is 12.0. The van der Waals surface area contributed by atoms with Gasteiger partial charge in [0, 0.05) is 36.2 Å². The summed E-state index contributed by atoms with van der Waals surface area (Å²) in [7, 11) is 0. The maximum Gasteiger partial charge on any atom is 0.307 e. The smallest absolute Gasteiger partial charge is 0.307 e. The Balaban J connectivity index is 1.34. The number of aromatic nitrogens is 3. The molecular weight excluding hydrogens is 438 g/mol. The Morgan fingerprint density at radius 3 is 2.64 bits per heavy atom. The van der Waals surface area contributed by atoms with Crippen LogP contribution in [0.25, 0.3) is 22.2 Å². The third kappa shape index (κ3) is 4.38. The number of thiazole rings is 1. The average Bonchev–Trinajstić information content (AvgIpc) is 3.36. The number of aromatic amines is 1. The Morgan fingerprint density at radius 1 is 1.09 bits per heavy atom. The standard InChI is InChI=1S/C25H21N3O4S/c1-15-20(27-24(32-15)16-8-11-26-12-9-16)10-13-31-21-7-6-17(18-4-2-3-5-19(18)21)14-22-23(29)28-25(30)33-22/h2-9,11-12,29H,10,13-14H2,1H3,(H,28,30). The zero-order chi connectivity index (χ0) is 22.8. The van der Waals surface area contributed by atoms with Gasteiger partial charge in [-0.15, -0.1) is 0 Å². The molecule has 0 saturated heterocycles. The van der Waals surface area contributed by atoms with Crippen LogP contribution >= 0.6 is 11.3 Å². The number of fused-ring (bicyclic) bond motifs is 1. The van der Waals surface area contributed by atoms with Crippen LogP contribution in [-0.4, -0.2) is 26.7 Å². The predicted octanol–water partition coefficient (Wildman–Crippen LogP) is 4.87. The van der Waals surface area contributed by atoms with Gasteiger partial charge in [0.15, 0.2) is 0 Å². The number of aromatic hydroxyl groups is 1. The van der Waals surface area contributed by atoms with E-state index in [1.807, 2.05) is 55.5 Å². The molecule has 166 valence electrons. The summed E-state index contributed by atoms with van der Waals surface area (Å²) in [6.45, 7) is 2.36. The van der Waals surface area contributed by atoms with Crippen molar-refractivity contribution in [1.82, 2.24) is 15.0 Å². The van der Waals surface area contributed by atoms with Crippen LogP contribution in [0.2, 0.25) is 0 Å². The fourth-order valence-corrected chi connectivity index (χ4v) is 4.54. The summed E-state index contributed by atoms with van der Waals surface area (Å²) in [6.07, 6.45) is 4.50. The first-order valence-corrected chi connectivity index (χ1v) is 11.3. The molecule has 3 heterocycles. The highest BCUT2D eigenvalue weighted by Gasteiger charge is 2.14. The lowest BCUT2D eigenvalue weighted by Crippen LogP contribution is -2.03. The Labute approximate surface area is 193 Å². The van der Waals surface area contributed by atoms with Gasteiger partial charge in [0.2, 0.25) is 11.8 Å². The summed E-state index contributed by atoms with van der Waals surface area (Å²) in [5.74, 6) is 2.06. The number of rotatable bonds is 7. The molecule has 5 rings (SSSR count). The largest absolute Gasteiger partial charge is 0.494 e. The Morgan fingerprint density at radius 2 is 1.88 bits per heavy atom. The molecule has 0 aliphatic carbocycles.